The summed E-state index contributed by atoms with van der Waals surface area (Å²) >= 11 is 6.71. The Hall–Kier alpha value is -0.940. The Morgan fingerprint density at radius 3 is 2.56 bits per heavy atom. The lowest BCUT2D eigenvalue weighted by atomic mass is 10.4. The molecular weight excluding hydrogens is 336 g/mol. The normalized spacial score (nSPS) is 10.2. The van der Waals surface area contributed by atoms with Gasteiger partial charge in [0.1, 0.15) is 5.75 Å². The highest BCUT2D eigenvalue weighted by atomic mass is 79.9. The number of hydrogen-bond donors (Lipinski definition) is 0. The van der Waals surface area contributed by atoms with Crippen molar-refractivity contribution in [1.29, 1.82) is 0 Å². The summed E-state index contributed by atoms with van der Waals surface area (Å²) in [5, 5.41) is 0. The molecule has 0 saturated carbocycles. The highest BCUT2D eigenvalue weighted by Gasteiger charge is 2.05. The van der Waals surface area contributed by atoms with Crippen molar-refractivity contribution in [2.24, 2.45) is 0 Å². The minimum absolute atomic E-state index is 0.522. The van der Waals surface area contributed by atoms with Gasteiger partial charge in [0.05, 0.1) is 10.7 Å². The second kappa shape index (κ2) is 4.93. The van der Waals surface area contributed by atoms with E-state index in [1.165, 1.54) is 0 Å². The first-order chi connectivity index (χ1) is 7.65. The van der Waals surface area contributed by atoms with Crippen molar-refractivity contribution >= 4 is 31.9 Å². The number of ether oxygens (including phenoxy) is 1. The molecule has 0 atom stereocenters. The van der Waals surface area contributed by atoms with E-state index in [2.05, 4.69) is 41.8 Å². The number of halogens is 2. The average molecular weight is 344 g/mol. The summed E-state index contributed by atoms with van der Waals surface area (Å²) in [6, 6.07) is 5.63. The van der Waals surface area contributed by atoms with Gasteiger partial charge in [-0.3, -0.25) is 4.98 Å². The van der Waals surface area contributed by atoms with Crippen LogP contribution in [0.1, 0.15) is 5.69 Å². The molecule has 0 aliphatic rings. The molecule has 0 fully saturated rings. The fourth-order valence-corrected chi connectivity index (χ4v) is 2.17. The van der Waals surface area contributed by atoms with Crippen molar-refractivity contribution in [3.63, 3.8) is 0 Å². The number of aryl methyl sites for hydroxylation is 1. The molecule has 2 heterocycles. The van der Waals surface area contributed by atoms with E-state index in [9.17, 15) is 0 Å². The van der Waals surface area contributed by atoms with E-state index in [4.69, 9.17) is 4.74 Å². The molecule has 2 aromatic heterocycles. The molecule has 0 aliphatic carbocycles. The maximum absolute atomic E-state index is 5.58. The van der Waals surface area contributed by atoms with E-state index in [-0.39, 0.29) is 0 Å². The lowest BCUT2D eigenvalue weighted by molar-refractivity contribution is 0.457. The number of rotatable bonds is 2. The first-order valence-corrected chi connectivity index (χ1v) is 6.15. The van der Waals surface area contributed by atoms with E-state index >= 15 is 0 Å². The van der Waals surface area contributed by atoms with Crippen LogP contribution in [0, 0.1) is 6.92 Å². The third kappa shape index (κ3) is 2.80. The zero-order valence-corrected chi connectivity index (χ0v) is 11.6. The maximum atomic E-state index is 5.58. The second-order valence-electron chi connectivity index (χ2n) is 3.18. The molecule has 3 nitrogen and oxygen atoms in total. The Labute approximate surface area is 110 Å². The van der Waals surface area contributed by atoms with Gasteiger partial charge in [0.2, 0.25) is 5.88 Å². The summed E-state index contributed by atoms with van der Waals surface area (Å²) in [5.74, 6) is 1.19. The topological polar surface area (TPSA) is 35.0 Å². The smallest absolute Gasteiger partial charge is 0.233 e. The Morgan fingerprint density at radius 1 is 1.12 bits per heavy atom. The minimum Gasteiger partial charge on any atom is -0.436 e. The number of pyridine rings is 2. The molecule has 82 valence electrons. The summed E-state index contributed by atoms with van der Waals surface area (Å²) in [4.78, 5) is 8.30. The van der Waals surface area contributed by atoms with E-state index < -0.39 is 0 Å². The van der Waals surface area contributed by atoms with Gasteiger partial charge in [-0.25, -0.2) is 4.98 Å². The molecule has 0 aliphatic heterocycles. The first kappa shape index (κ1) is 11.5. The first-order valence-electron chi connectivity index (χ1n) is 4.57. The summed E-state index contributed by atoms with van der Waals surface area (Å²) < 4.78 is 7.27. The third-order valence-corrected chi connectivity index (χ3v) is 2.87. The Balaban J connectivity index is 2.23. The molecular formula is C11H8Br2N2O. The molecule has 0 radical (unpaired) electrons. The molecule has 0 N–H and O–H groups in total. The van der Waals surface area contributed by atoms with Crippen LogP contribution in [0.5, 0.6) is 11.6 Å². The quantitative estimate of drug-likeness (QED) is 0.823. The molecule has 0 saturated heterocycles. The van der Waals surface area contributed by atoms with Gasteiger partial charge in [0, 0.05) is 16.4 Å². The fourth-order valence-electron chi connectivity index (χ4n) is 1.10. The molecule has 0 amide bonds. The molecule has 16 heavy (non-hydrogen) atoms. The summed E-state index contributed by atoms with van der Waals surface area (Å²) in [5.41, 5.74) is 0.954. The summed E-state index contributed by atoms with van der Waals surface area (Å²) in [7, 11) is 0. The standard InChI is InChI=1S/C11H8Br2N2O/c1-7-2-3-9(6-14-7)16-11-10(13)4-8(12)5-15-11/h2-6H,1H3. The van der Waals surface area contributed by atoms with Crippen LogP contribution in [-0.4, -0.2) is 9.97 Å². The van der Waals surface area contributed by atoms with Gasteiger partial charge >= 0.3 is 0 Å². The van der Waals surface area contributed by atoms with Crippen molar-refractivity contribution < 1.29 is 4.74 Å². The van der Waals surface area contributed by atoms with Gasteiger partial charge in [-0.15, -0.1) is 0 Å². The maximum Gasteiger partial charge on any atom is 0.233 e. The lowest BCUT2D eigenvalue weighted by Gasteiger charge is -2.06. The summed E-state index contributed by atoms with van der Waals surface area (Å²) in [6.45, 7) is 1.93. The van der Waals surface area contributed by atoms with Crippen molar-refractivity contribution in [1.82, 2.24) is 9.97 Å². The van der Waals surface area contributed by atoms with Gasteiger partial charge in [0.25, 0.3) is 0 Å². The van der Waals surface area contributed by atoms with Crippen LogP contribution in [0.3, 0.4) is 0 Å². The molecule has 2 aromatic rings. The highest BCUT2D eigenvalue weighted by Crippen LogP contribution is 2.29. The van der Waals surface area contributed by atoms with Crippen LogP contribution in [0.2, 0.25) is 0 Å². The van der Waals surface area contributed by atoms with Crippen molar-refractivity contribution in [2.45, 2.75) is 6.92 Å². The zero-order valence-electron chi connectivity index (χ0n) is 8.45. The minimum atomic E-state index is 0.522. The van der Waals surface area contributed by atoms with Crippen molar-refractivity contribution in [3.05, 3.63) is 45.2 Å². The lowest BCUT2D eigenvalue weighted by Crippen LogP contribution is -1.90. The third-order valence-electron chi connectivity index (χ3n) is 1.87. The predicted octanol–water partition coefficient (Wildman–Crippen LogP) is 4.10. The van der Waals surface area contributed by atoms with Gasteiger partial charge in [0.15, 0.2) is 0 Å². The second-order valence-corrected chi connectivity index (χ2v) is 4.95. The highest BCUT2D eigenvalue weighted by molar-refractivity contribution is 9.11. The van der Waals surface area contributed by atoms with Gasteiger partial charge in [-0.2, -0.15) is 0 Å². The van der Waals surface area contributed by atoms with Crippen LogP contribution < -0.4 is 4.74 Å². The van der Waals surface area contributed by atoms with Crippen molar-refractivity contribution in [3.8, 4) is 11.6 Å². The van der Waals surface area contributed by atoms with Crippen LogP contribution in [0.15, 0.2) is 39.5 Å². The zero-order chi connectivity index (χ0) is 11.5. The van der Waals surface area contributed by atoms with E-state index in [0.717, 1.165) is 14.6 Å². The largest absolute Gasteiger partial charge is 0.436 e. The number of nitrogens with zero attached hydrogens (tertiary/aromatic N) is 2. The van der Waals surface area contributed by atoms with Gasteiger partial charge in [-0.05, 0) is 57.0 Å². The van der Waals surface area contributed by atoms with Crippen LogP contribution >= 0.6 is 31.9 Å². The monoisotopic (exact) mass is 342 g/mol. The van der Waals surface area contributed by atoms with Crippen LogP contribution in [0.4, 0.5) is 0 Å². The summed E-state index contributed by atoms with van der Waals surface area (Å²) in [6.07, 6.45) is 3.35. The Kier molecular flexibility index (Phi) is 3.56. The van der Waals surface area contributed by atoms with Crippen LogP contribution in [0.25, 0.3) is 0 Å². The van der Waals surface area contributed by atoms with Crippen LogP contribution in [-0.2, 0) is 0 Å². The predicted molar refractivity (Wildman–Crippen MR) is 68.7 cm³/mol. The van der Waals surface area contributed by atoms with E-state index in [1.807, 2.05) is 25.1 Å². The molecule has 2 rings (SSSR count). The van der Waals surface area contributed by atoms with Crippen molar-refractivity contribution in [2.75, 3.05) is 0 Å². The molecule has 0 bridgehead atoms. The molecule has 0 spiro atoms. The SMILES string of the molecule is Cc1ccc(Oc2ncc(Br)cc2Br)cn1. The molecule has 5 heteroatoms. The van der Waals surface area contributed by atoms with Gasteiger partial charge in [-0.1, -0.05) is 0 Å². The number of aromatic nitrogens is 2. The average Bonchev–Trinajstić information content (AvgIpc) is 2.25. The van der Waals surface area contributed by atoms with E-state index in [0.29, 0.717) is 11.6 Å². The van der Waals surface area contributed by atoms with E-state index in [1.54, 1.807) is 12.4 Å². The Bertz CT molecular complexity index is 500. The fraction of sp³-hybridized carbons (Fsp3) is 0.0909. The molecule has 0 unspecified atom stereocenters. The molecule has 0 aromatic carbocycles. The van der Waals surface area contributed by atoms with Gasteiger partial charge < -0.3 is 4.74 Å². The Morgan fingerprint density at radius 2 is 1.94 bits per heavy atom. The number of hydrogen-bond acceptors (Lipinski definition) is 3.